The van der Waals surface area contributed by atoms with Gasteiger partial charge in [0, 0.05) is 43.4 Å². The standard InChI is InChI=1S/C19H24N4O3S.ClH/c1-13(24)20-7-6-14-2-4-15(5-3-14)17-12-27-19(22-17)23-18(25)10-16-11-26-9-8-21-16;/h2-5,12,16,21H,6-11H2,1H3,(H,20,24)(H,22,23,25);1H. The first-order valence-electron chi connectivity index (χ1n) is 9.00. The summed E-state index contributed by atoms with van der Waals surface area (Å²) in [5.74, 6) is -0.0808. The highest BCUT2D eigenvalue weighted by Crippen LogP contribution is 2.25. The zero-order chi connectivity index (χ0) is 19.1. The normalized spacial score (nSPS) is 16.1. The van der Waals surface area contributed by atoms with Crippen LogP contribution in [0.25, 0.3) is 11.3 Å². The van der Waals surface area contributed by atoms with Gasteiger partial charge in [-0.3, -0.25) is 9.59 Å². The molecule has 7 nitrogen and oxygen atoms in total. The van der Waals surface area contributed by atoms with Gasteiger partial charge >= 0.3 is 0 Å². The number of anilines is 1. The molecule has 1 aromatic carbocycles. The lowest BCUT2D eigenvalue weighted by Crippen LogP contribution is -2.43. The Morgan fingerprint density at radius 2 is 2.11 bits per heavy atom. The van der Waals surface area contributed by atoms with Crippen LogP contribution in [-0.4, -0.2) is 49.1 Å². The molecule has 1 fully saturated rings. The number of aromatic nitrogens is 1. The Morgan fingerprint density at radius 1 is 1.32 bits per heavy atom. The van der Waals surface area contributed by atoms with Crippen LogP contribution in [0.3, 0.4) is 0 Å². The van der Waals surface area contributed by atoms with Gasteiger partial charge in [-0.25, -0.2) is 4.98 Å². The fraction of sp³-hybridized carbons (Fsp3) is 0.421. The fourth-order valence-electron chi connectivity index (χ4n) is 2.83. The maximum absolute atomic E-state index is 12.1. The molecule has 152 valence electrons. The minimum absolute atomic E-state index is 0. The van der Waals surface area contributed by atoms with Crippen LogP contribution in [0.4, 0.5) is 5.13 Å². The van der Waals surface area contributed by atoms with Crippen molar-refractivity contribution in [3.63, 3.8) is 0 Å². The molecule has 2 amide bonds. The van der Waals surface area contributed by atoms with Crippen LogP contribution < -0.4 is 16.0 Å². The molecule has 0 aliphatic carbocycles. The summed E-state index contributed by atoms with van der Waals surface area (Å²) in [6.45, 7) is 4.18. The van der Waals surface area contributed by atoms with E-state index in [2.05, 4.69) is 20.9 Å². The highest BCUT2D eigenvalue weighted by atomic mass is 35.5. The molecule has 0 radical (unpaired) electrons. The summed E-state index contributed by atoms with van der Waals surface area (Å²) < 4.78 is 5.36. The Hall–Kier alpha value is -2.00. The molecule has 0 saturated carbocycles. The molecule has 0 spiro atoms. The lowest BCUT2D eigenvalue weighted by atomic mass is 10.1. The molecule has 1 aliphatic rings. The number of carbonyl (C=O) groups is 2. The molecule has 3 N–H and O–H groups in total. The average molecular weight is 425 g/mol. The molecule has 1 unspecified atom stereocenters. The predicted molar refractivity (Wildman–Crippen MR) is 113 cm³/mol. The number of halogens is 1. The maximum Gasteiger partial charge on any atom is 0.227 e. The van der Waals surface area contributed by atoms with Crippen LogP contribution in [-0.2, 0) is 20.7 Å². The van der Waals surface area contributed by atoms with Crippen molar-refractivity contribution in [1.82, 2.24) is 15.6 Å². The molecule has 2 aromatic rings. The Morgan fingerprint density at radius 3 is 2.79 bits per heavy atom. The Labute approximate surface area is 174 Å². The lowest BCUT2D eigenvalue weighted by molar-refractivity contribution is -0.119. The van der Waals surface area contributed by atoms with Crippen LogP contribution >= 0.6 is 23.7 Å². The van der Waals surface area contributed by atoms with E-state index in [0.717, 1.165) is 29.8 Å². The van der Waals surface area contributed by atoms with Gasteiger partial charge in [-0.15, -0.1) is 23.7 Å². The van der Waals surface area contributed by atoms with Crippen LogP contribution in [0.2, 0.25) is 0 Å². The van der Waals surface area contributed by atoms with Crippen LogP contribution in [0.15, 0.2) is 29.6 Å². The zero-order valence-corrected chi connectivity index (χ0v) is 17.3. The molecule has 3 rings (SSSR count). The van der Waals surface area contributed by atoms with E-state index < -0.39 is 0 Å². The second kappa shape index (κ2) is 11.1. The Bertz CT molecular complexity index is 776. The Balaban J connectivity index is 0.00000280. The van der Waals surface area contributed by atoms with Gasteiger partial charge in [0.2, 0.25) is 11.8 Å². The van der Waals surface area contributed by atoms with Crippen molar-refractivity contribution in [1.29, 1.82) is 0 Å². The SMILES string of the molecule is CC(=O)NCCc1ccc(-c2csc(NC(=O)CC3COCCN3)n2)cc1.Cl. The minimum atomic E-state index is -0.0628. The summed E-state index contributed by atoms with van der Waals surface area (Å²) in [4.78, 5) is 27.6. The molecule has 1 atom stereocenters. The summed E-state index contributed by atoms with van der Waals surface area (Å²) in [5, 5.41) is 11.5. The molecular formula is C19H25ClN4O3S. The van der Waals surface area contributed by atoms with Gasteiger partial charge in [0.15, 0.2) is 5.13 Å². The molecule has 0 bridgehead atoms. The number of nitrogens with one attached hydrogen (secondary N) is 3. The smallest absolute Gasteiger partial charge is 0.227 e. The summed E-state index contributed by atoms with van der Waals surface area (Å²) >= 11 is 1.41. The number of thiazole rings is 1. The number of hydrogen-bond acceptors (Lipinski definition) is 6. The topological polar surface area (TPSA) is 92.4 Å². The lowest BCUT2D eigenvalue weighted by Gasteiger charge is -2.22. The van der Waals surface area contributed by atoms with E-state index in [1.54, 1.807) is 0 Å². The van der Waals surface area contributed by atoms with Crippen LogP contribution in [0, 0.1) is 0 Å². The number of rotatable bonds is 7. The van der Waals surface area contributed by atoms with Crippen molar-refractivity contribution in [2.75, 3.05) is 31.6 Å². The number of hydrogen-bond donors (Lipinski definition) is 3. The first kappa shape index (κ1) is 22.3. The van der Waals surface area contributed by atoms with Gasteiger partial charge in [-0.1, -0.05) is 24.3 Å². The van der Waals surface area contributed by atoms with Crippen molar-refractivity contribution in [3.8, 4) is 11.3 Å². The summed E-state index contributed by atoms with van der Waals surface area (Å²) in [6.07, 6.45) is 1.16. The van der Waals surface area contributed by atoms with E-state index in [1.807, 2.05) is 29.6 Å². The van der Waals surface area contributed by atoms with Gasteiger partial charge < -0.3 is 20.7 Å². The largest absolute Gasteiger partial charge is 0.378 e. The number of amides is 2. The molecule has 1 saturated heterocycles. The van der Waals surface area contributed by atoms with Gasteiger partial charge in [-0.05, 0) is 12.0 Å². The first-order chi connectivity index (χ1) is 13.1. The highest BCUT2D eigenvalue weighted by Gasteiger charge is 2.17. The third-order valence-electron chi connectivity index (χ3n) is 4.22. The third-order valence-corrected chi connectivity index (χ3v) is 4.98. The molecule has 1 aromatic heterocycles. The zero-order valence-electron chi connectivity index (χ0n) is 15.7. The fourth-order valence-corrected chi connectivity index (χ4v) is 3.57. The predicted octanol–water partition coefficient (Wildman–Crippen LogP) is 2.23. The molecule has 2 heterocycles. The summed E-state index contributed by atoms with van der Waals surface area (Å²) in [7, 11) is 0. The van der Waals surface area contributed by atoms with Gasteiger partial charge in [0.05, 0.1) is 18.9 Å². The average Bonchev–Trinajstić information content (AvgIpc) is 3.11. The maximum atomic E-state index is 12.1. The van der Waals surface area contributed by atoms with Gasteiger partial charge in [0.1, 0.15) is 0 Å². The summed E-state index contributed by atoms with van der Waals surface area (Å²) in [6, 6.07) is 8.13. The molecule has 28 heavy (non-hydrogen) atoms. The van der Waals surface area contributed by atoms with Crippen molar-refractivity contribution in [2.24, 2.45) is 0 Å². The van der Waals surface area contributed by atoms with E-state index in [4.69, 9.17) is 4.74 Å². The quantitative estimate of drug-likeness (QED) is 0.633. The van der Waals surface area contributed by atoms with Gasteiger partial charge in [-0.2, -0.15) is 0 Å². The number of morpholine rings is 1. The van der Waals surface area contributed by atoms with Gasteiger partial charge in [0.25, 0.3) is 0 Å². The molecule has 1 aliphatic heterocycles. The number of ether oxygens (including phenoxy) is 1. The van der Waals surface area contributed by atoms with E-state index in [0.29, 0.717) is 31.3 Å². The van der Waals surface area contributed by atoms with Crippen molar-refractivity contribution < 1.29 is 14.3 Å². The first-order valence-corrected chi connectivity index (χ1v) is 9.88. The monoisotopic (exact) mass is 424 g/mol. The number of nitrogens with zero attached hydrogens (tertiary/aromatic N) is 1. The van der Waals surface area contributed by atoms with Crippen molar-refractivity contribution in [2.45, 2.75) is 25.8 Å². The van der Waals surface area contributed by atoms with Crippen molar-refractivity contribution in [3.05, 3.63) is 35.2 Å². The van der Waals surface area contributed by atoms with Crippen LogP contribution in [0.1, 0.15) is 18.9 Å². The minimum Gasteiger partial charge on any atom is -0.378 e. The Kier molecular flexibility index (Phi) is 8.85. The van der Waals surface area contributed by atoms with E-state index in [1.165, 1.54) is 18.3 Å². The molecular weight excluding hydrogens is 400 g/mol. The second-order valence-electron chi connectivity index (χ2n) is 6.45. The third kappa shape index (κ3) is 6.87. The van der Waals surface area contributed by atoms with Crippen LogP contribution in [0.5, 0.6) is 0 Å². The number of benzene rings is 1. The van der Waals surface area contributed by atoms with E-state index in [9.17, 15) is 9.59 Å². The van der Waals surface area contributed by atoms with E-state index >= 15 is 0 Å². The molecule has 9 heteroatoms. The number of carbonyl (C=O) groups excluding carboxylic acids is 2. The van der Waals surface area contributed by atoms with Crippen molar-refractivity contribution >= 4 is 40.7 Å². The highest BCUT2D eigenvalue weighted by molar-refractivity contribution is 7.14. The summed E-state index contributed by atoms with van der Waals surface area (Å²) in [5.41, 5.74) is 2.98. The van der Waals surface area contributed by atoms with E-state index in [-0.39, 0.29) is 30.3 Å². The second-order valence-corrected chi connectivity index (χ2v) is 7.30.